The van der Waals surface area contributed by atoms with Gasteiger partial charge in [-0.25, -0.2) is 0 Å². The lowest BCUT2D eigenvalue weighted by molar-refractivity contribution is -0.238. The first-order chi connectivity index (χ1) is 16.5. The third-order valence-electron chi connectivity index (χ3n) is 7.44. The number of H-pyrrole nitrogens is 1. The van der Waals surface area contributed by atoms with Gasteiger partial charge in [0.25, 0.3) is 5.91 Å². The average Bonchev–Trinajstić information content (AvgIpc) is 3.51. The van der Waals surface area contributed by atoms with Crippen molar-refractivity contribution in [3.05, 3.63) is 59.7 Å². The maximum atomic E-state index is 13.1. The Morgan fingerprint density at radius 2 is 1.68 bits per heavy atom. The van der Waals surface area contributed by atoms with E-state index in [2.05, 4.69) is 10.3 Å². The monoisotopic (exact) mass is 457 g/mol. The fraction of sp³-hybridized carbons (Fsp3) is 0.269. The number of aromatic amines is 1. The molecular formula is C26H23N3O5. The van der Waals surface area contributed by atoms with Crippen LogP contribution >= 0.6 is 0 Å². The van der Waals surface area contributed by atoms with Crippen molar-refractivity contribution in [2.24, 2.45) is 0 Å². The van der Waals surface area contributed by atoms with Gasteiger partial charge >= 0.3 is 0 Å². The van der Waals surface area contributed by atoms with Gasteiger partial charge in [-0.2, -0.15) is 0 Å². The molecule has 3 aromatic carbocycles. The van der Waals surface area contributed by atoms with Crippen molar-refractivity contribution in [1.29, 1.82) is 0 Å². The van der Waals surface area contributed by atoms with Crippen LogP contribution in [0.2, 0.25) is 0 Å². The molecule has 34 heavy (non-hydrogen) atoms. The maximum absolute atomic E-state index is 13.1. The summed E-state index contributed by atoms with van der Waals surface area (Å²) in [7, 11) is 0. The highest BCUT2D eigenvalue weighted by molar-refractivity contribution is 6.30. The Labute approximate surface area is 193 Å². The molecule has 5 N–H and O–H groups in total. The van der Waals surface area contributed by atoms with Crippen molar-refractivity contribution >= 4 is 49.5 Å². The number of aliphatic hydroxyl groups excluding tert-OH is 3. The van der Waals surface area contributed by atoms with E-state index in [1.54, 1.807) is 6.92 Å². The smallest absolute Gasteiger partial charge is 0.252 e. The molecule has 4 heterocycles. The highest BCUT2D eigenvalue weighted by atomic mass is 16.5. The molecule has 2 aromatic heterocycles. The van der Waals surface area contributed by atoms with Crippen molar-refractivity contribution in [3.8, 4) is 0 Å². The van der Waals surface area contributed by atoms with Gasteiger partial charge in [0.15, 0.2) is 6.23 Å². The van der Waals surface area contributed by atoms with Crippen LogP contribution < -0.4 is 5.32 Å². The van der Waals surface area contributed by atoms with Crippen LogP contribution in [-0.4, -0.2) is 55.2 Å². The normalized spacial score (nSPS) is 27.2. The van der Waals surface area contributed by atoms with Gasteiger partial charge in [0.05, 0.1) is 28.2 Å². The number of aromatic nitrogens is 2. The summed E-state index contributed by atoms with van der Waals surface area (Å²) in [6.07, 6.45) is -5.61. The lowest BCUT2D eigenvalue weighted by Gasteiger charge is -2.40. The van der Waals surface area contributed by atoms with E-state index < -0.39 is 30.6 Å². The molecule has 2 aliphatic rings. The van der Waals surface area contributed by atoms with E-state index in [1.807, 2.05) is 53.1 Å². The number of para-hydroxylation sites is 2. The molecule has 2 aliphatic heterocycles. The molecule has 8 heteroatoms. The number of ether oxygens (including phenoxy) is 1. The molecule has 172 valence electrons. The third-order valence-corrected chi connectivity index (χ3v) is 7.44. The second kappa shape index (κ2) is 6.80. The Hall–Kier alpha value is -3.43. The number of fused-ring (bicyclic) bond motifs is 10. The zero-order chi connectivity index (χ0) is 23.3. The van der Waals surface area contributed by atoms with Crippen LogP contribution in [0.3, 0.4) is 0 Å². The number of carbonyl (C=O) groups is 1. The SMILES string of the molecule is C[C@H]1O[C@@H](n2c3ccccc3c3c4c(c5c6ccccc6[nH]c5c32)CNC4=O)[C@H](O)[C@@H](O)[C@H]1O. The Morgan fingerprint density at radius 3 is 2.50 bits per heavy atom. The summed E-state index contributed by atoms with van der Waals surface area (Å²) in [5.41, 5.74) is 4.85. The fourth-order valence-electron chi connectivity index (χ4n) is 5.86. The molecule has 1 fully saturated rings. The van der Waals surface area contributed by atoms with E-state index in [4.69, 9.17) is 4.74 Å². The minimum absolute atomic E-state index is 0.135. The van der Waals surface area contributed by atoms with Gasteiger partial charge in [0.1, 0.15) is 18.3 Å². The van der Waals surface area contributed by atoms with Crippen LogP contribution in [0.25, 0.3) is 43.6 Å². The van der Waals surface area contributed by atoms with Crippen molar-refractivity contribution < 1.29 is 24.9 Å². The first kappa shape index (κ1) is 20.0. The molecule has 1 saturated heterocycles. The molecule has 0 bridgehead atoms. The maximum Gasteiger partial charge on any atom is 0.252 e. The average molecular weight is 457 g/mol. The number of amides is 1. The molecule has 0 aliphatic carbocycles. The minimum Gasteiger partial charge on any atom is -0.388 e. The van der Waals surface area contributed by atoms with E-state index in [1.165, 1.54) is 0 Å². The predicted octanol–water partition coefficient (Wildman–Crippen LogP) is 2.67. The highest BCUT2D eigenvalue weighted by Crippen LogP contribution is 2.45. The van der Waals surface area contributed by atoms with Gasteiger partial charge in [0, 0.05) is 33.6 Å². The lowest BCUT2D eigenvalue weighted by Crippen LogP contribution is -2.54. The summed E-state index contributed by atoms with van der Waals surface area (Å²) in [5.74, 6) is -0.135. The molecule has 1 amide bonds. The quantitative estimate of drug-likeness (QED) is 0.265. The Balaban J connectivity index is 1.70. The summed E-state index contributed by atoms with van der Waals surface area (Å²) < 4.78 is 7.97. The first-order valence-electron chi connectivity index (χ1n) is 11.4. The van der Waals surface area contributed by atoms with E-state index in [0.29, 0.717) is 12.1 Å². The molecule has 0 radical (unpaired) electrons. The number of benzene rings is 3. The summed E-state index contributed by atoms with van der Waals surface area (Å²) in [4.78, 5) is 16.7. The van der Waals surface area contributed by atoms with Crippen LogP contribution in [0.5, 0.6) is 0 Å². The predicted molar refractivity (Wildman–Crippen MR) is 128 cm³/mol. The standard InChI is InChI=1S/C26H23N3O5/c1-11-22(30)23(31)24(32)26(34-11)29-16-9-5-3-7-13(16)18-19-14(10-27-25(19)33)17-12-6-2-4-8-15(12)28-20(17)21(18)29/h2-9,11,22-24,26,28,30-32H,10H2,1H3,(H,27,33)/t11-,22+,23+,24-,26-/m1/s1. The van der Waals surface area contributed by atoms with Crippen LogP contribution in [-0.2, 0) is 11.3 Å². The molecule has 8 nitrogen and oxygen atoms in total. The molecule has 5 atom stereocenters. The van der Waals surface area contributed by atoms with Crippen LogP contribution in [0.15, 0.2) is 48.5 Å². The number of hydrogen-bond acceptors (Lipinski definition) is 5. The topological polar surface area (TPSA) is 120 Å². The van der Waals surface area contributed by atoms with Crippen molar-refractivity contribution in [1.82, 2.24) is 14.9 Å². The summed E-state index contributed by atoms with van der Waals surface area (Å²) in [6.45, 7) is 2.11. The highest BCUT2D eigenvalue weighted by Gasteiger charge is 2.44. The van der Waals surface area contributed by atoms with Gasteiger partial charge in [-0.05, 0) is 24.6 Å². The first-order valence-corrected chi connectivity index (χ1v) is 11.4. The van der Waals surface area contributed by atoms with Crippen LogP contribution in [0, 0.1) is 0 Å². The van der Waals surface area contributed by atoms with Crippen molar-refractivity contribution in [2.75, 3.05) is 0 Å². The third kappa shape index (κ3) is 2.38. The Morgan fingerprint density at radius 1 is 0.941 bits per heavy atom. The summed E-state index contributed by atoms with van der Waals surface area (Å²) >= 11 is 0. The molecule has 0 spiro atoms. The molecule has 0 saturated carbocycles. The molecule has 0 unspecified atom stereocenters. The number of hydrogen-bond donors (Lipinski definition) is 5. The minimum atomic E-state index is -1.37. The van der Waals surface area contributed by atoms with Crippen LogP contribution in [0.4, 0.5) is 0 Å². The number of rotatable bonds is 1. The van der Waals surface area contributed by atoms with Gasteiger partial charge in [0.2, 0.25) is 0 Å². The lowest BCUT2D eigenvalue weighted by atomic mass is 9.96. The second-order valence-corrected chi connectivity index (χ2v) is 9.27. The number of nitrogens with one attached hydrogen (secondary N) is 2. The molecule has 5 aromatic rings. The number of aliphatic hydroxyl groups is 3. The molecular weight excluding hydrogens is 434 g/mol. The van der Waals surface area contributed by atoms with Gasteiger partial charge in [-0.1, -0.05) is 36.4 Å². The Kier molecular flexibility index (Phi) is 4.00. The zero-order valence-electron chi connectivity index (χ0n) is 18.3. The van der Waals surface area contributed by atoms with Gasteiger partial charge in [-0.3, -0.25) is 4.79 Å². The van der Waals surface area contributed by atoms with E-state index in [0.717, 1.165) is 49.2 Å². The van der Waals surface area contributed by atoms with Crippen molar-refractivity contribution in [3.63, 3.8) is 0 Å². The summed E-state index contributed by atoms with van der Waals surface area (Å²) in [5, 5.41) is 38.5. The zero-order valence-corrected chi connectivity index (χ0v) is 18.3. The number of nitrogens with zero attached hydrogens (tertiary/aromatic N) is 1. The molecule has 7 rings (SSSR count). The largest absolute Gasteiger partial charge is 0.388 e. The van der Waals surface area contributed by atoms with Crippen LogP contribution in [0.1, 0.15) is 29.1 Å². The van der Waals surface area contributed by atoms with E-state index in [-0.39, 0.29) is 5.91 Å². The second-order valence-electron chi connectivity index (χ2n) is 9.27. The number of carbonyl (C=O) groups excluding carboxylic acids is 1. The van der Waals surface area contributed by atoms with Crippen molar-refractivity contribution in [2.45, 2.75) is 44.1 Å². The fourth-order valence-corrected chi connectivity index (χ4v) is 5.86. The Bertz CT molecular complexity index is 1650. The van der Waals surface area contributed by atoms with E-state index >= 15 is 0 Å². The van der Waals surface area contributed by atoms with Gasteiger partial charge in [-0.15, -0.1) is 0 Å². The summed E-state index contributed by atoms with van der Waals surface area (Å²) in [6, 6.07) is 15.6. The van der Waals surface area contributed by atoms with Gasteiger partial charge < -0.3 is 34.9 Å². The van der Waals surface area contributed by atoms with E-state index in [9.17, 15) is 20.1 Å².